The van der Waals surface area contributed by atoms with E-state index in [0.717, 1.165) is 40.2 Å². The average molecular weight is 301 g/mol. The molecule has 0 unspecified atom stereocenters. The monoisotopic (exact) mass is 300 g/mol. The summed E-state index contributed by atoms with van der Waals surface area (Å²) in [5.41, 5.74) is 0.910. The van der Waals surface area contributed by atoms with Gasteiger partial charge in [-0.3, -0.25) is 0 Å². The zero-order chi connectivity index (χ0) is 14.2. The number of rotatable bonds is 2. The number of aromatic nitrogens is 2. The van der Waals surface area contributed by atoms with Crippen molar-refractivity contribution in [3.8, 4) is 11.5 Å². The minimum Gasteiger partial charge on any atom is -0.381 e. The van der Waals surface area contributed by atoms with Crippen LogP contribution in [-0.2, 0) is 4.74 Å². The molecule has 106 valence electrons. The number of halogens is 1. The molecule has 0 N–H and O–H groups in total. The molecule has 0 spiro atoms. The van der Waals surface area contributed by atoms with Crippen molar-refractivity contribution >= 4 is 22.4 Å². The molecule has 1 aliphatic heterocycles. The second kappa shape index (κ2) is 5.13. The number of ether oxygens (including phenoxy) is 1. The first-order valence-electron chi connectivity index (χ1n) is 6.92. The Morgan fingerprint density at radius 3 is 2.81 bits per heavy atom. The van der Waals surface area contributed by atoms with Crippen LogP contribution in [0.3, 0.4) is 0 Å². The molecule has 1 aromatic heterocycles. The van der Waals surface area contributed by atoms with Gasteiger partial charge in [-0.1, -0.05) is 41.0 Å². The lowest BCUT2D eigenvalue weighted by Gasteiger charge is -2.03. The lowest BCUT2D eigenvalue weighted by molar-refractivity contribution is 0.192. The zero-order valence-electron chi connectivity index (χ0n) is 11.3. The highest BCUT2D eigenvalue weighted by Crippen LogP contribution is 2.32. The molecule has 3 aromatic rings. The molecule has 1 aliphatic rings. The topological polar surface area (TPSA) is 48.2 Å². The molecule has 1 fully saturated rings. The Labute approximate surface area is 126 Å². The van der Waals surface area contributed by atoms with Crippen molar-refractivity contribution in [2.75, 3.05) is 13.2 Å². The van der Waals surface area contributed by atoms with E-state index in [1.165, 1.54) is 0 Å². The Kier molecular flexibility index (Phi) is 3.13. The Bertz CT molecular complexity index is 794. The second-order valence-corrected chi connectivity index (χ2v) is 5.57. The van der Waals surface area contributed by atoms with Gasteiger partial charge < -0.3 is 9.26 Å². The van der Waals surface area contributed by atoms with E-state index in [2.05, 4.69) is 10.1 Å². The Morgan fingerprint density at radius 2 is 1.95 bits per heavy atom. The van der Waals surface area contributed by atoms with E-state index in [-0.39, 0.29) is 5.92 Å². The van der Waals surface area contributed by atoms with Gasteiger partial charge in [-0.25, -0.2) is 0 Å². The molecule has 1 atom stereocenters. The highest BCUT2D eigenvalue weighted by molar-refractivity contribution is 6.35. The highest BCUT2D eigenvalue weighted by Gasteiger charge is 2.23. The molecule has 2 aromatic carbocycles. The Balaban J connectivity index is 1.81. The summed E-state index contributed by atoms with van der Waals surface area (Å²) in [6.07, 6.45) is 0.945. The van der Waals surface area contributed by atoms with Gasteiger partial charge in [0.2, 0.25) is 0 Å². The molecular weight excluding hydrogens is 288 g/mol. The summed E-state index contributed by atoms with van der Waals surface area (Å²) in [4.78, 5) is 4.54. The van der Waals surface area contributed by atoms with Crippen molar-refractivity contribution in [2.24, 2.45) is 0 Å². The van der Waals surface area contributed by atoms with Gasteiger partial charge in [0.05, 0.1) is 6.61 Å². The highest BCUT2D eigenvalue weighted by atomic mass is 35.5. The quantitative estimate of drug-likeness (QED) is 0.716. The van der Waals surface area contributed by atoms with Crippen molar-refractivity contribution in [3.63, 3.8) is 0 Å². The molecule has 5 heteroatoms. The van der Waals surface area contributed by atoms with Crippen LogP contribution in [0.15, 0.2) is 40.9 Å². The summed E-state index contributed by atoms with van der Waals surface area (Å²) >= 11 is 6.24. The van der Waals surface area contributed by atoms with Crippen LogP contribution in [-0.4, -0.2) is 23.4 Å². The normalized spacial score (nSPS) is 18.4. The fraction of sp³-hybridized carbons (Fsp3) is 0.250. The first-order valence-corrected chi connectivity index (χ1v) is 7.30. The van der Waals surface area contributed by atoms with E-state index in [1.807, 2.05) is 36.4 Å². The summed E-state index contributed by atoms with van der Waals surface area (Å²) in [5, 5.41) is 6.83. The third-order valence-electron chi connectivity index (χ3n) is 3.84. The largest absolute Gasteiger partial charge is 0.381 e. The van der Waals surface area contributed by atoms with Crippen molar-refractivity contribution in [1.82, 2.24) is 10.1 Å². The number of fused-ring (bicyclic) bond motifs is 1. The molecule has 0 saturated carbocycles. The Hall–Kier alpha value is -1.91. The van der Waals surface area contributed by atoms with Crippen LogP contribution in [0.5, 0.6) is 0 Å². The number of benzene rings is 2. The summed E-state index contributed by atoms with van der Waals surface area (Å²) in [5.74, 6) is 1.49. The van der Waals surface area contributed by atoms with Crippen LogP contribution in [0.1, 0.15) is 18.2 Å². The van der Waals surface area contributed by atoms with Crippen molar-refractivity contribution < 1.29 is 9.26 Å². The van der Waals surface area contributed by atoms with Gasteiger partial charge in [0, 0.05) is 28.5 Å². The van der Waals surface area contributed by atoms with E-state index in [0.29, 0.717) is 12.5 Å². The molecule has 0 aliphatic carbocycles. The first-order chi connectivity index (χ1) is 10.3. The van der Waals surface area contributed by atoms with Crippen LogP contribution in [0.25, 0.3) is 22.2 Å². The molecule has 21 heavy (non-hydrogen) atoms. The van der Waals surface area contributed by atoms with Crippen LogP contribution in [0.2, 0.25) is 5.02 Å². The molecule has 0 bridgehead atoms. The van der Waals surface area contributed by atoms with Gasteiger partial charge in [-0.2, -0.15) is 4.98 Å². The van der Waals surface area contributed by atoms with Crippen LogP contribution >= 0.6 is 11.6 Å². The number of hydrogen-bond acceptors (Lipinski definition) is 4. The summed E-state index contributed by atoms with van der Waals surface area (Å²) in [7, 11) is 0. The van der Waals surface area contributed by atoms with Gasteiger partial charge in [0.25, 0.3) is 5.89 Å². The van der Waals surface area contributed by atoms with Crippen LogP contribution < -0.4 is 0 Å². The van der Waals surface area contributed by atoms with E-state index in [1.54, 1.807) is 0 Å². The third kappa shape index (κ3) is 2.20. The van der Waals surface area contributed by atoms with Crippen molar-refractivity contribution in [3.05, 3.63) is 47.2 Å². The minimum atomic E-state index is 0.237. The summed E-state index contributed by atoms with van der Waals surface area (Å²) < 4.78 is 10.8. The maximum atomic E-state index is 6.24. The maximum absolute atomic E-state index is 6.24. The average Bonchev–Trinajstić information content (AvgIpc) is 3.18. The smallest absolute Gasteiger partial charge is 0.258 e. The van der Waals surface area contributed by atoms with Crippen molar-refractivity contribution in [2.45, 2.75) is 12.3 Å². The SMILES string of the molecule is Clc1cccc2c(-c3nc([C@@H]4CCOC4)no3)cccc12. The number of hydrogen-bond donors (Lipinski definition) is 0. The summed E-state index contributed by atoms with van der Waals surface area (Å²) in [6.45, 7) is 1.43. The summed E-state index contributed by atoms with van der Waals surface area (Å²) in [6, 6.07) is 11.7. The van der Waals surface area contributed by atoms with E-state index in [4.69, 9.17) is 20.9 Å². The molecular formula is C16H13ClN2O2. The molecule has 4 nitrogen and oxygen atoms in total. The number of nitrogens with zero attached hydrogens (tertiary/aromatic N) is 2. The van der Waals surface area contributed by atoms with Gasteiger partial charge in [0.15, 0.2) is 5.82 Å². The zero-order valence-corrected chi connectivity index (χ0v) is 12.0. The predicted octanol–water partition coefficient (Wildman–Crippen LogP) is 4.05. The molecule has 4 rings (SSSR count). The Morgan fingerprint density at radius 1 is 1.10 bits per heavy atom. The van der Waals surface area contributed by atoms with Crippen molar-refractivity contribution in [1.29, 1.82) is 0 Å². The van der Waals surface area contributed by atoms with Gasteiger partial charge >= 0.3 is 0 Å². The second-order valence-electron chi connectivity index (χ2n) is 5.16. The van der Waals surface area contributed by atoms with Crippen LogP contribution in [0, 0.1) is 0 Å². The predicted molar refractivity (Wildman–Crippen MR) is 80.4 cm³/mol. The minimum absolute atomic E-state index is 0.237. The standard InChI is InChI=1S/C16H13ClN2O2/c17-14-6-2-3-11-12(14)4-1-5-13(11)16-18-15(19-21-16)10-7-8-20-9-10/h1-6,10H,7-9H2/t10-/m1/s1. The molecule has 1 saturated heterocycles. The lowest BCUT2D eigenvalue weighted by atomic mass is 10.0. The molecule has 0 amide bonds. The van der Waals surface area contributed by atoms with Gasteiger partial charge in [-0.15, -0.1) is 0 Å². The van der Waals surface area contributed by atoms with Gasteiger partial charge in [-0.05, 0) is 23.9 Å². The lowest BCUT2D eigenvalue weighted by Crippen LogP contribution is -1.99. The van der Waals surface area contributed by atoms with Gasteiger partial charge in [0.1, 0.15) is 0 Å². The van der Waals surface area contributed by atoms with E-state index in [9.17, 15) is 0 Å². The molecule has 0 radical (unpaired) electrons. The molecule has 2 heterocycles. The maximum Gasteiger partial charge on any atom is 0.258 e. The third-order valence-corrected chi connectivity index (χ3v) is 4.17. The fourth-order valence-corrected chi connectivity index (χ4v) is 2.94. The van der Waals surface area contributed by atoms with E-state index >= 15 is 0 Å². The first kappa shape index (κ1) is 12.8. The van der Waals surface area contributed by atoms with Crippen LogP contribution in [0.4, 0.5) is 0 Å². The fourth-order valence-electron chi connectivity index (χ4n) is 2.71. The van der Waals surface area contributed by atoms with E-state index < -0.39 is 0 Å².